The number of H-pyrrole nitrogens is 1. The highest BCUT2D eigenvalue weighted by atomic mass is 16.4. The summed E-state index contributed by atoms with van der Waals surface area (Å²) < 4.78 is 0. The Labute approximate surface area is 215 Å². The van der Waals surface area contributed by atoms with E-state index in [0.717, 1.165) is 5.56 Å². The van der Waals surface area contributed by atoms with Crippen LogP contribution in [0.15, 0.2) is 42.9 Å². The number of rotatable bonds is 14. The van der Waals surface area contributed by atoms with Crippen LogP contribution >= 0.6 is 0 Å². The number of carboxylic acid groups (broad SMARTS) is 1. The van der Waals surface area contributed by atoms with Crippen molar-refractivity contribution in [1.82, 2.24) is 25.9 Å². The van der Waals surface area contributed by atoms with Crippen molar-refractivity contribution in [3.05, 3.63) is 54.1 Å². The highest BCUT2D eigenvalue weighted by Gasteiger charge is 2.32. The first kappa shape index (κ1) is 29.5. The van der Waals surface area contributed by atoms with Gasteiger partial charge in [0, 0.05) is 24.7 Å². The van der Waals surface area contributed by atoms with Crippen LogP contribution in [0, 0.1) is 5.92 Å². The van der Waals surface area contributed by atoms with E-state index in [1.807, 2.05) is 19.9 Å². The number of benzene rings is 1. The lowest BCUT2D eigenvalue weighted by molar-refractivity contribution is -0.145. The molecule has 2 rings (SSSR count). The molecule has 2 aromatic rings. The number of nitrogens with one attached hydrogen (secondary N) is 4. The summed E-state index contributed by atoms with van der Waals surface area (Å²) in [6.07, 6.45) is 2.00. The minimum Gasteiger partial charge on any atom is -0.480 e. The average molecular weight is 517 g/mol. The van der Waals surface area contributed by atoms with Gasteiger partial charge in [0.1, 0.15) is 12.1 Å². The van der Waals surface area contributed by atoms with Crippen LogP contribution in [0.25, 0.3) is 0 Å². The van der Waals surface area contributed by atoms with E-state index in [9.17, 15) is 29.4 Å². The maximum absolute atomic E-state index is 13.4. The minimum atomic E-state index is -1.58. The van der Waals surface area contributed by atoms with Crippen molar-refractivity contribution < 1.29 is 29.4 Å². The van der Waals surface area contributed by atoms with Gasteiger partial charge in [-0.05, 0) is 24.8 Å². The van der Waals surface area contributed by atoms with Gasteiger partial charge < -0.3 is 36.9 Å². The van der Waals surface area contributed by atoms with E-state index < -0.39 is 54.0 Å². The smallest absolute Gasteiger partial charge is 0.328 e. The van der Waals surface area contributed by atoms with Crippen molar-refractivity contribution in [2.75, 3.05) is 0 Å². The van der Waals surface area contributed by atoms with Gasteiger partial charge in [0.25, 0.3) is 0 Å². The number of imidazole rings is 1. The summed E-state index contributed by atoms with van der Waals surface area (Å²) in [6.45, 7) is 5.09. The molecule has 1 heterocycles. The first-order chi connectivity index (χ1) is 17.5. The maximum atomic E-state index is 13.4. The number of aliphatic hydroxyl groups is 1. The minimum absolute atomic E-state index is 0.0391. The molecule has 12 nitrogen and oxygen atoms in total. The van der Waals surface area contributed by atoms with Crippen molar-refractivity contribution in [3.63, 3.8) is 0 Å². The molecule has 0 spiro atoms. The van der Waals surface area contributed by atoms with Crippen molar-refractivity contribution in [3.8, 4) is 0 Å². The van der Waals surface area contributed by atoms with E-state index in [2.05, 4.69) is 25.9 Å². The lowest BCUT2D eigenvalue weighted by atomic mass is 10.0. The lowest BCUT2D eigenvalue weighted by Gasteiger charge is -2.26. The van der Waals surface area contributed by atoms with Gasteiger partial charge in [-0.25, -0.2) is 9.78 Å². The number of aliphatic hydroxyl groups excluding tert-OH is 1. The molecule has 202 valence electrons. The number of aliphatic carboxylic acids is 1. The fourth-order valence-corrected chi connectivity index (χ4v) is 3.69. The van der Waals surface area contributed by atoms with Gasteiger partial charge in [0.2, 0.25) is 17.7 Å². The Morgan fingerprint density at radius 3 is 2.08 bits per heavy atom. The van der Waals surface area contributed by atoms with Crippen molar-refractivity contribution >= 4 is 23.7 Å². The number of carboxylic acids is 1. The van der Waals surface area contributed by atoms with Gasteiger partial charge in [-0.1, -0.05) is 44.2 Å². The summed E-state index contributed by atoms with van der Waals surface area (Å²) in [5.74, 6) is -3.24. The van der Waals surface area contributed by atoms with Crippen LogP contribution in [-0.2, 0) is 32.0 Å². The van der Waals surface area contributed by atoms with E-state index in [0.29, 0.717) is 12.1 Å². The molecule has 0 fully saturated rings. The van der Waals surface area contributed by atoms with Crippen LogP contribution in [0.4, 0.5) is 0 Å². The van der Waals surface area contributed by atoms with Crippen molar-refractivity contribution in [2.24, 2.45) is 11.7 Å². The Kier molecular flexibility index (Phi) is 11.2. The zero-order valence-electron chi connectivity index (χ0n) is 21.2. The van der Waals surface area contributed by atoms with E-state index in [-0.39, 0.29) is 18.8 Å². The van der Waals surface area contributed by atoms with Crippen LogP contribution in [0.5, 0.6) is 0 Å². The molecule has 0 aliphatic rings. The quantitative estimate of drug-likeness (QED) is 0.174. The van der Waals surface area contributed by atoms with Gasteiger partial charge in [0.05, 0.1) is 18.5 Å². The normalized spacial score (nSPS) is 15.2. The lowest BCUT2D eigenvalue weighted by Crippen LogP contribution is -2.59. The Bertz CT molecular complexity index is 1030. The van der Waals surface area contributed by atoms with Gasteiger partial charge in [-0.15, -0.1) is 0 Å². The number of carbonyl (C=O) groups excluding carboxylic acids is 3. The molecule has 0 aliphatic heterocycles. The third-order valence-electron chi connectivity index (χ3n) is 5.64. The monoisotopic (exact) mass is 516 g/mol. The molecular formula is C25H36N6O6. The first-order valence-corrected chi connectivity index (χ1v) is 12.1. The van der Waals surface area contributed by atoms with Gasteiger partial charge in [0.15, 0.2) is 6.04 Å². The third-order valence-corrected chi connectivity index (χ3v) is 5.64. The fraction of sp³-hybridized carbons (Fsp3) is 0.480. The topological polar surface area (TPSA) is 200 Å². The molecular weight excluding hydrogens is 480 g/mol. The second kappa shape index (κ2) is 14.1. The molecule has 1 aromatic carbocycles. The van der Waals surface area contributed by atoms with Crippen molar-refractivity contribution in [2.45, 2.75) is 70.3 Å². The van der Waals surface area contributed by atoms with E-state index in [4.69, 9.17) is 5.73 Å². The Hall–Kier alpha value is -3.77. The maximum Gasteiger partial charge on any atom is 0.328 e. The van der Waals surface area contributed by atoms with E-state index >= 15 is 0 Å². The summed E-state index contributed by atoms with van der Waals surface area (Å²) >= 11 is 0. The number of nitrogens with two attached hydrogens (primary N) is 1. The number of nitrogens with zero attached hydrogens (tertiary/aromatic N) is 1. The zero-order chi connectivity index (χ0) is 27.5. The van der Waals surface area contributed by atoms with E-state index in [1.54, 1.807) is 24.3 Å². The second-order valence-corrected chi connectivity index (χ2v) is 9.39. The molecule has 0 saturated carbocycles. The number of aromatic nitrogens is 2. The third kappa shape index (κ3) is 9.66. The van der Waals surface area contributed by atoms with Crippen LogP contribution in [0.2, 0.25) is 0 Å². The number of carbonyl (C=O) groups is 4. The van der Waals surface area contributed by atoms with Crippen molar-refractivity contribution in [1.29, 1.82) is 0 Å². The van der Waals surface area contributed by atoms with Crippen LogP contribution in [-0.4, -0.2) is 74.1 Å². The predicted molar refractivity (Wildman–Crippen MR) is 135 cm³/mol. The molecule has 37 heavy (non-hydrogen) atoms. The molecule has 12 heteroatoms. The molecule has 5 atom stereocenters. The second-order valence-electron chi connectivity index (χ2n) is 9.39. The molecule has 1 aromatic heterocycles. The predicted octanol–water partition coefficient (Wildman–Crippen LogP) is -0.512. The average Bonchev–Trinajstić information content (AvgIpc) is 3.34. The highest BCUT2D eigenvalue weighted by Crippen LogP contribution is 2.08. The number of amides is 3. The van der Waals surface area contributed by atoms with Gasteiger partial charge in [-0.2, -0.15) is 0 Å². The zero-order valence-corrected chi connectivity index (χ0v) is 21.2. The largest absolute Gasteiger partial charge is 0.480 e. The van der Waals surface area contributed by atoms with Gasteiger partial charge in [-0.3, -0.25) is 14.4 Å². The summed E-state index contributed by atoms with van der Waals surface area (Å²) in [4.78, 5) is 57.4. The summed E-state index contributed by atoms with van der Waals surface area (Å²) in [6, 6.07) is 4.33. The number of hydrogen-bond acceptors (Lipinski definition) is 7. The molecule has 0 saturated heterocycles. The van der Waals surface area contributed by atoms with Gasteiger partial charge >= 0.3 is 5.97 Å². The Morgan fingerprint density at radius 2 is 1.54 bits per heavy atom. The SMILES string of the molecule is CC(C)CC(N)C(=O)NC(Cc1ccccc1)C(=O)NC(Cc1cnc[nH]1)C(=O)NC(C(=O)O)C(C)O. The summed E-state index contributed by atoms with van der Waals surface area (Å²) in [7, 11) is 0. The number of hydrogen-bond donors (Lipinski definition) is 7. The van der Waals surface area contributed by atoms with Crippen LogP contribution in [0.3, 0.4) is 0 Å². The van der Waals surface area contributed by atoms with Crippen LogP contribution in [0.1, 0.15) is 38.4 Å². The summed E-state index contributed by atoms with van der Waals surface area (Å²) in [5, 5.41) is 26.7. The molecule has 5 unspecified atom stereocenters. The molecule has 8 N–H and O–H groups in total. The first-order valence-electron chi connectivity index (χ1n) is 12.1. The summed E-state index contributed by atoms with van der Waals surface area (Å²) in [5.41, 5.74) is 7.29. The number of aromatic amines is 1. The molecule has 3 amide bonds. The molecule has 0 radical (unpaired) electrons. The molecule has 0 bridgehead atoms. The Balaban J connectivity index is 2.27. The van der Waals surface area contributed by atoms with E-state index in [1.165, 1.54) is 19.4 Å². The molecule has 0 aliphatic carbocycles. The highest BCUT2D eigenvalue weighted by molar-refractivity contribution is 5.94. The standard InChI is InChI=1S/C25H36N6O6/c1-14(2)9-18(26)22(33)29-19(10-16-7-5-4-6-8-16)23(34)30-20(11-17-12-27-13-28-17)24(35)31-21(15(3)32)25(36)37/h4-8,12-15,18-21,32H,9-11,26H2,1-3H3,(H,27,28)(H,29,33)(H,30,34)(H,31,35)(H,36,37). The fourth-order valence-electron chi connectivity index (χ4n) is 3.69. The van der Waals surface area contributed by atoms with Crippen LogP contribution < -0.4 is 21.7 Å². The Morgan fingerprint density at radius 1 is 0.946 bits per heavy atom.